The Hall–Kier alpha value is -0.370. The van der Waals surface area contributed by atoms with E-state index in [1.807, 2.05) is 22.6 Å². The van der Waals surface area contributed by atoms with E-state index >= 15 is 0 Å². The predicted molar refractivity (Wildman–Crippen MR) is 60.1 cm³/mol. The van der Waals surface area contributed by atoms with Crippen LogP contribution in [-0.2, 0) is 0 Å². The number of hydrogen-bond acceptors (Lipinski definition) is 3. The van der Waals surface area contributed by atoms with Crippen molar-refractivity contribution in [1.82, 2.24) is 0 Å². The number of nitro benzene ring substituents is 1. The molecule has 0 N–H and O–H groups in total. The van der Waals surface area contributed by atoms with Gasteiger partial charge < -0.3 is 4.74 Å². The highest BCUT2D eigenvalue weighted by molar-refractivity contribution is 14.1. The van der Waals surface area contributed by atoms with Crippen molar-refractivity contribution in [2.45, 2.75) is 0 Å². The number of nitro groups is 1. The van der Waals surface area contributed by atoms with E-state index in [0.29, 0.717) is 0 Å². The summed E-state index contributed by atoms with van der Waals surface area (Å²) in [6, 6.07) is 3.05. The minimum absolute atomic E-state index is 0.0184. The lowest BCUT2D eigenvalue weighted by atomic mass is 10.3. The second-order valence-electron chi connectivity index (χ2n) is 2.20. The normalized spacial score (nSPS) is 9.77. The van der Waals surface area contributed by atoms with E-state index in [1.165, 1.54) is 13.2 Å². The van der Waals surface area contributed by atoms with Crippen LogP contribution in [0.4, 0.5) is 5.69 Å². The molecule has 0 heterocycles. The molecule has 0 saturated carbocycles. The minimum atomic E-state index is -0.465. The van der Waals surface area contributed by atoms with Gasteiger partial charge in [-0.1, -0.05) is 0 Å². The Morgan fingerprint density at radius 2 is 2.23 bits per heavy atom. The van der Waals surface area contributed by atoms with Crippen LogP contribution in [-0.4, -0.2) is 12.0 Å². The summed E-state index contributed by atoms with van der Waals surface area (Å²) in [4.78, 5) is 10.1. The van der Waals surface area contributed by atoms with Crippen LogP contribution in [0.2, 0.25) is 0 Å². The zero-order valence-electron chi connectivity index (χ0n) is 6.58. The van der Waals surface area contributed by atoms with Gasteiger partial charge in [0.2, 0.25) is 0 Å². The van der Waals surface area contributed by atoms with Crippen molar-refractivity contribution in [1.29, 1.82) is 0 Å². The first kappa shape index (κ1) is 10.7. The lowest BCUT2D eigenvalue weighted by molar-refractivity contribution is -0.385. The van der Waals surface area contributed by atoms with Crippen LogP contribution in [0, 0.1) is 13.7 Å². The van der Waals surface area contributed by atoms with Gasteiger partial charge in [0, 0.05) is 20.2 Å². The van der Waals surface area contributed by atoms with Gasteiger partial charge in [-0.15, -0.1) is 0 Å². The fraction of sp³-hybridized carbons (Fsp3) is 0.143. The van der Waals surface area contributed by atoms with Gasteiger partial charge in [-0.3, -0.25) is 10.1 Å². The molecular formula is C7H5BrINO3. The highest BCUT2D eigenvalue weighted by Gasteiger charge is 2.16. The van der Waals surface area contributed by atoms with Crippen LogP contribution in [0.25, 0.3) is 0 Å². The molecule has 1 aromatic carbocycles. The fourth-order valence-electron chi connectivity index (χ4n) is 0.824. The van der Waals surface area contributed by atoms with E-state index in [-0.39, 0.29) is 11.4 Å². The first-order valence-electron chi connectivity index (χ1n) is 3.23. The maximum absolute atomic E-state index is 10.6. The number of nitrogens with zero attached hydrogens (tertiary/aromatic N) is 1. The quantitative estimate of drug-likeness (QED) is 0.464. The second kappa shape index (κ2) is 4.23. The molecule has 1 rings (SSSR count). The van der Waals surface area contributed by atoms with E-state index in [0.717, 1.165) is 8.04 Å². The molecule has 0 aliphatic heterocycles. The number of halogens is 2. The topological polar surface area (TPSA) is 52.4 Å². The summed E-state index contributed by atoms with van der Waals surface area (Å²) in [7, 11) is 1.40. The molecule has 1 aromatic rings. The largest absolute Gasteiger partial charge is 0.490 e. The average Bonchev–Trinajstić information content (AvgIpc) is 2.08. The van der Waals surface area contributed by atoms with E-state index in [4.69, 9.17) is 4.74 Å². The van der Waals surface area contributed by atoms with Gasteiger partial charge in [-0.2, -0.15) is 0 Å². The standard InChI is InChI=1S/C7H5BrINO3/c1-13-7-2-4(8)5(9)3-6(7)10(11)12/h2-3H,1H3. The predicted octanol–water partition coefficient (Wildman–Crippen LogP) is 2.97. The Labute approximate surface area is 96.7 Å². The van der Waals surface area contributed by atoms with Gasteiger partial charge in [-0.05, 0) is 38.5 Å². The number of ether oxygens (including phenoxy) is 1. The molecule has 0 aliphatic rings. The molecule has 4 nitrogen and oxygen atoms in total. The number of benzene rings is 1. The van der Waals surface area contributed by atoms with E-state index < -0.39 is 4.92 Å². The third-order valence-electron chi connectivity index (χ3n) is 1.42. The average molecular weight is 358 g/mol. The summed E-state index contributed by atoms with van der Waals surface area (Å²) >= 11 is 5.27. The van der Waals surface area contributed by atoms with Gasteiger partial charge in [0.1, 0.15) is 0 Å². The number of rotatable bonds is 2. The van der Waals surface area contributed by atoms with E-state index in [1.54, 1.807) is 6.07 Å². The summed E-state index contributed by atoms with van der Waals surface area (Å²) in [6.07, 6.45) is 0. The van der Waals surface area contributed by atoms with Crippen molar-refractivity contribution < 1.29 is 9.66 Å². The smallest absolute Gasteiger partial charge is 0.312 e. The number of hydrogen-bond donors (Lipinski definition) is 0. The molecule has 6 heteroatoms. The van der Waals surface area contributed by atoms with Crippen LogP contribution in [0.5, 0.6) is 5.75 Å². The van der Waals surface area contributed by atoms with Crippen LogP contribution >= 0.6 is 38.5 Å². The Kier molecular flexibility index (Phi) is 3.48. The molecule has 0 aromatic heterocycles. The zero-order valence-corrected chi connectivity index (χ0v) is 10.3. The molecule has 0 unspecified atom stereocenters. The SMILES string of the molecule is COc1cc(Br)c(I)cc1[N+](=O)[O-]. The molecule has 0 aliphatic carbocycles. The van der Waals surface area contributed by atoms with Gasteiger partial charge in [0.05, 0.1) is 12.0 Å². The molecule has 0 amide bonds. The van der Waals surface area contributed by atoms with Crippen molar-refractivity contribution in [2.75, 3.05) is 7.11 Å². The maximum atomic E-state index is 10.6. The van der Waals surface area contributed by atoms with Crippen molar-refractivity contribution in [3.8, 4) is 5.75 Å². The zero-order chi connectivity index (χ0) is 10.0. The summed E-state index contributed by atoms with van der Waals surface area (Å²) in [5, 5.41) is 10.6. The highest BCUT2D eigenvalue weighted by atomic mass is 127. The summed E-state index contributed by atoms with van der Waals surface area (Å²) in [5.74, 6) is 0.261. The fourth-order valence-corrected chi connectivity index (χ4v) is 1.60. The van der Waals surface area contributed by atoms with Crippen LogP contribution < -0.4 is 4.74 Å². The van der Waals surface area contributed by atoms with Crippen molar-refractivity contribution in [2.24, 2.45) is 0 Å². The summed E-state index contributed by atoms with van der Waals surface area (Å²) in [6.45, 7) is 0. The molecule has 0 bridgehead atoms. The van der Waals surface area contributed by atoms with Crippen molar-refractivity contribution in [3.05, 3.63) is 30.3 Å². The first-order valence-corrected chi connectivity index (χ1v) is 5.11. The summed E-state index contributed by atoms with van der Waals surface area (Å²) < 4.78 is 6.44. The molecule has 0 fully saturated rings. The molecule has 0 saturated heterocycles. The van der Waals surface area contributed by atoms with Crippen molar-refractivity contribution in [3.63, 3.8) is 0 Å². The van der Waals surface area contributed by atoms with Crippen molar-refractivity contribution >= 4 is 44.2 Å². The Bertz CT molecular complexity index is 356. The number of methoxy groups -OCH3 is 1. The molecule has 0 spiro atoms. The lowest BCUT2D eigenvalue weighted by Crippen LogP contribution is -1.94. The molecule has 0 radical (unpaired) electrons. The highest BCUT2D eigenvalue weighted by Crippen LogP contribution is 2.33. The third kappa shape index (κ3) is 2.31. The first-order chi connectivity index (χ1) is 6.06. The second-order valence-corrected chi connectivity index (χ2v) is 4.21. The van der Waals surface area contributed by atoms with Gasteiger partial charge in [0.15, 0.2) is 5.75 Å². The third-order valence-corrected chi connectivity index (χ3v) is 3.71. The van der Waals surface area contributed by atoms with E-state index in [2.05, 4.69) is 15.9 Å². The van der Waals surface area contributed by atoms with Gasteiger partial charge in [0.25, 0.3) is 0 Å². The minimum Gasteiger partial charge on any atom is -0.490 e. The van der Waals surface area contributed by atoms with Crippen LogP contribution in [0.15, 0.2) is 16.6 Å². The Balaban J connectivity index is 3.33. The van der Waals surface area contributed by atoms with Crippen LogP contribution in [0.3, 0.4) is 0 Å². The molecular weight excluding hydrogens is 353 g/mol. The molecule has 13 heavy (non-hydrogen) atoms. The Morgan fingerprint density at radius 1 is 1.62 bits per heavy atom. The van der Waals surface area contributed by atoms with Gasteiger partial charge in [-0.25, -0.2) is 0 Å². The Morgan fingerprint density at radius 3 is 2.69 bits per heavy atom. The monoisotopic (exact) mass is 357 g/mol. The summed E-state index contributed by atoms with van der Waals surface area (Å²) in [5.41, 5.74) is -0.0184. The van der Waals surface area contributed by atoms with E-state index in [9.17, 15) is 10.1 Å². The maximum Gasteiger partial charge on any atom is 0.312 e. The van der Waals surface area contributed by atoms with Crippen LogP contribution in [0.1, 0.15) is 0 Å². The molecule has 0 atom stereocenters. The van der Waals surface area contributed by atoms with Gasteiger partial charge >= 0.3 is 5.69 Å². The lowest BCUT2D eigenvalue weighted by Gasteiger charge is -2.03. The molecule has 70 valence electrons.